The van der Waals surface area contributed by atoms with Gasteiger partial charge in [0.1, 0.15) is 11.6 Å². The van der Waals surface area contributed by atoms with E-state index in [-0.39, 0.29) is 16.7 Å². The summed E-state index contributed by atoms with van der Waals surface area (Å²) in [6, 6.07) is 8.21. The maximum Gasteiger partial charge on any atom is 0.573 e. The Morgan fingerprint density at radius 2 is 1.71 bits per heavy atom. The van der Waals surface area contributed by atoms with Gasteiger partial charge in [0.15, 0.2) is 0 Å². The van der Waals surface area contributed by atoms with Crippen LogP contribution in [-0.4, -0.2) is 11.6 Å². The SMILES string of the molecule is O=C(Cl)c1ccc(F)c(-c2ccccc2OC(F)(F)F)c1. The number of hydrogen-bond acceptors (Lipinski definition) is 2. The first-order chi connectivity index (χ1) is 9.78. The molecule has 2 aromatic carbocycles. The summed E-state index contributed by atoms with van der Waals surface area (Å²) in [5.74, 6) is -1.36. The Labute approximate surface area is 121 Å². The molecule has 0 aliphatic rings. The van der Waals surface area contributed by atoms with Crippen molar-refractivity contribution in [1.82, 2.24) is 0 Å². The molecule has 0 bridgehead atoms. The molecule has 0 N–H and O–H groups in total. The molecule has 0 saturated heterocycles. The van der Waals surface area contributed by atoms with Crippen molar-refractivity contribution in [3.05, 3.63) is 53.8 Å². The monoisotopic (exact) mass is 318 g/mol. The summed E-state index contributed by atoms with van der Waals surface area (Å²) in [5, 5.41) is -0.842. The molecule has 0 amide bonds. The van der Waals surface area contributed by atoms with Gasteiger partial charge in [-0.1, -0.05) is 18.2 Å². The van der Waals surface area contributed by atoms with Crippen molar-refractivity contribution in [2.75, 3.05) is 0 Å². The van der Waals surface area contributed by atoms with Gasteiger partial charge in [0.05, 0.1) is 0 Å². The van der Waals surface area contributed by atoms with Crippen LogP contribution in [0.3, 0.4) is 0 Å². The molecule has 110 valence electrons. The van der Waals surface area contributed by atoms with Crippen molar-refractivity contribution < 1.29 is 27.1 Å². The first-order valence-corrected chi connectivity index (χ1v) is 6.00. The lowest BCUT2D eigenvalue weighted by Crippen LogP contribution is -2.17. The van der Waals surface area contributed by atoms with Gasteiger partial charge in [-0.3, -0.25) is 4.79 Å². The highest BCUT2D eigenvalue weighted by molar-refractivity contribution is 6.67. The second kappa shape index (κ2) is 5.73. The van der Waals surface area contributed by atoms with E-state index in [2.05, 4.69) is 4.74 Å². The lowest BCUT2D eigenvalue weighted by atomic mass is 10.0. The van der Waals surface area contributed by atoms with Gasteiger partial charge < -0.3 is 4.74 Å². The average Bonchev–Trinajstić information content (AvgIpc) is 2.38. The van der Waals surface area contributed by atoms with E-state index in [0.717, 1.165) is 24.3 Å². The number of alkyl halides is 3. The molecule has 0 aliphatic carbocycles. The van der Waals surface area contributed by atoms with Crippen LogP contribution in [0.1, 0.15) is 10.4 Å². The zero-order chi connectivity index (χ0) is 15.6. The Balaban J connectivity index is 2.56. The maximum absolute atomic E-state index is 13.8. The van der Waals surface area contributed by atoms with Crippen LogP contribution in [-0.2, 0) is 0 Å². The van der Waals surface area contributed by atoms with Gasteiger partial charge in [-0.15, -0.1) is 13.2 Å². The first-order valence-electron chi connectivity index (χ1n) is 5.62. The van der Waals surface area contributed by atoms with Crippen molar-refractivity contribution in [3.8, 4) is 16.9 Å². The van der Waals surface area contributed by atoms with Crippen molar-refractivity contribution in [1.29, 1.82) is 0 Å². The number of halogens is 5. The van der Waals surface area contributed by atoms with Crippen molar-refractivity contribution in [2.24, 2.45) is 0 Å². The molecule has 0 aliphatic heterocycles. The van der Waals surface area contributed by atoms with Gasteiger partial charge in [0, 0.05) is 16.7 Å². The Morgan fingerprint density at radius 1 is 1.05 bits per heavy atom. The predicted octanol–water partition coefficient (Wildman–Crippen LogP) is 4.77. The van der Waals surface area contributed by atoms with Gasteiger partial charge in [0.25, 0.3) is 5.24 Å². The molecule has 21 heavy (non-hydrogen) atoms. The number of para-hydroxylation sites is 1. The lowest BCUT2D eigenvalue weighted by molar-refractivity contribution is -0.274. The Morgan fingerprint density at radius 3 is 2.33 bits per heavy atom. The number of ether oxygens (including phenoxy) is 1. The third-order valence-electron chi connectivity index (χ3n) is 2.60. The molecule has 2 rings (SSSR count). The van der Waals surface area contributed by atoms with Crippen molar-refractivity contribution >= 4 is 16.8 Å². The zero-order valence-corrected chi connectivity index (χ0v) is 11.0. The minimum atomic E-state index is -4.91. The predicted molar refractivity (Wildman–Crippen MR) is 68.7 cm³/mol. The minimum absolute atomic E-state index is 0.0325. The molecule has 2 aromatic rings. The number of hydrogen-bond donors (Lipinski definition) is 0. The molecule has 0 saturated carbocycles. The number of carbonyl (C=O) groups is 1. The summed E-state index contributed by atoms with van der Waals surface area (Å²) in [7, 11) is 0. The Kier molecular flexibility index (Phi) is 4.18. The van der Waals surface area contributed by atoms with Gasteiger partial charge in [-0.05, 0) is 35.9 Å². The van der Waals surface area contributed by atoms with E-state index in [1.165, 1.54) is 18.2 Å². The third kappa shape index (κ3) is 3.72. The second-order valence-corrected chi connectivity index (χ2v) is 4.36. The summed E-state index contributed by atoms with van der Waals surface area (Å²) >= 11 is 5.29. The molecule has 0 aromatic heterocycles. The summed E-state index contributed by atoms with van der Waals surface area (Å²) in [4.78, 5) is 11.1. The molecule has 7 heteroatoms. The van der Waals surface area contributed by atoms with E-state index in [1.807, 2.05) is 0 Å². The molecular weight excluding hydrogens is 312 g/mol. The highest BCUT2D eigenvalue weighted by Crippen LogP contribution is 2.35. The van der Waals surface area contributed by atoms with Gasteiger partial charge >= 0.3 is 6.36 Å². The molecule has 0 spiro atoms. The Hall–Kier alpha value is -2.08. The van der Waals surface area contributed by atoms with E-state index in [1.54, 1.807) is 0 Å². The van der Waals surface area contributed by atoms with Crippen LogP contribution in [0.2, 0.25) is 0 Å². The fourth-order valence-corrected chi connectivity index (χ4v) is 1.87. The zero-order valence-electron chi connectivity index (χ0n) is 10.2. The fourth-order valence-electron chi connectivity index (χ4n) is 1.76. The number of rotatable bonds is 3. The molecule has 0 unspecified atom stereocenters. The molecule has 0 atom stereocenters. The van der Waals surface area contributed by atoms with Crippen LogP contribution in [0, 0.1) is 5.82 Å². The van der Waals surface area contributed by atoms with E-state index in [4.69, 9.17) is 11.6 Å². The molecule has 0 fully saturated rings. The summed E-state index contributed by atoms with van der Waals surface area (Å²) < 4.78 is 54.8. The van der Waals surface area contributed by atoms with Crippen LogP contribution in [0.15, 0.2) is 42.5 Å². The van der Waals surface area contributed by atoms with Crippen LogP contribution < -0.4 is 4.74 Å². The third-order valence-corrected chi connectivity index (χ3v) is 2.81. The highest BCUT2D eigenvalue weighted by atomic mass is 35.5. The van der Waals surface area contributed by atoms with Gasteiger partial charge in [0.2, 0.25) is 0 Å². The fraction of sp³-hybridized carbons (Fsp3) is 0.0714. The highest BCUT2D eigenvalue weighted by Gasteiger charge is 2.32. The van der Waals surface area contributed by atoms with E-state index in [0.29, 0.717) is 0 Å². The molecular formula is C14H7ClF4O2. The average molecular weight is 319 g/mol. The quantitative estimate of drug-likeness (QED) is 0.602. The van der Waals surface area contributed by atoms with E-state index < -0.39 is 23.2 Å². The summed E-state index contributed by atoms with van der Waals surface area (Å²) in [6.45, 7) is 0. The van der Waals surface area contributed by atoms with E-state index >= 15 is 0 Å². The van der Waals surface area contributed by atoms with E-state index in [9.17, 15) is 22.4 Å². The van der Waals surface area contributed by atoms with Crippen molar-refractivity contribution in [3.63, 3.8) is 0 Å². The number of carbonyl (C=O) groups excluding carboxylic acids is 1. The van der Waals surface area contributed by atoms with Crippen LogP contribution in [0.4, 0.5) is 17.6 Å². The molecule has 0 heterocycles. The topological polar surface area (TPSA) is 26.3 Å². The minimum Gasteiger partial charge on any atom is -0.405 e. The van der Waals surface area contributed by atoms with Crippen LogP contribution in [0.25, 0.3) is 11.1 Å². The second-order valence-electron chi connectivity index (χ2n) is 4.01. The standard InChI is InChI=1S/C14H7ClF4O2/c15-13(20)8-5-6-11(16)10(7-8)9-3-1-2-4-12(9)21-14(17,18)19/h1-7H. The summed E-state index contributed by atoms with van der Waals surface area (Å²) in [5.41, 5.74) is -0.372. The Bertz CT molecular complexity index is 683. The van der Waals surface area contributed by atoms with Crippen molar-refractivity contribution in [2.45, 2.75) is 6.36 Å². The maximum atomic E-state index is 13.8. The molecule has 2 nitrogen and oxygen atoms in total. The molecule has 0 radical (unpaired) electrons. The van der Waals surface area contributed by atoms with Gasteiger partial charge in [-0.25, -0.2) is 4.39 Å². The number of benzene rings is 2. The normalized spacial score (nSPS) is 11.3. The largest absolute Gasteiger partial charge is 0.573 e. The first kappa shape index (κ1) is 15.3. The summed E-state index contributed by atoms with van der Waals surface area (Å²) in [6.07, 6.45) is -4.91. The van der Waals surface area contributed by atoms with Gasteiger partial charge in [-0.2, -0.15) is 0 Å². The van der Waals surface area contributed by atoms with Crippen LogP contribution >= 0.6 is 11.6 Å². The smallest absolute Gasteiger partial charge is 0.405 e. The lowest BCUT2D eigenvalue weighted by Gasteiger charge is -2.14. The van der Waals surface area contributed by atoms with Crippen LogP contribution in [0.5, 0.6) is 5.75 Å².